The van der Waals surface area contributed by atoms with Crippen LogP contribution in [0.25, 0.3) is 90.7 Å². The number of benzene rings is 6. The summed E-state index contributed by atoms with van der Waals surface area (Å²) in [5.74, 6) is 3.77. The van der Waals surface area contributed by atoms with Crippen LogP contribution in [-0.2, 0) is 0 Å². The smallest absolute Gasteiger partial charge is 0.164 e. The zero-order valence-electron chi connectivity index (χ0n) is 29.0. The van der Waals surface area contributed by atoms with Gasteiger partial charge in [0.25, 0.3) is 0 Å². The Labute approximate surface area is 312 Å². The molecule has 6 aromatic carbocycles. The molecule has 0 aliphatic heterocycles. The predicted octanol–water partition coefficient (Wildman–Crippen LogP) is 10.8. The molecule has 0 fully saturated rings. The van der Waals surface area contributed by atoms with E-state index in [9.17, 15) is 0 Å². The monoisotopic (exact) mass is 693 g/mol. The van der Waals surface area contributed by atoms with Gasteiger partial charge in [-0.2, -0.15) is 0 Å². The van der Waals surface area contributed by atoms with Crippen molar-refractivity contribution in [3.8, 4) is 90.7 Å². The Morgan fingerprint density at radius 2 is 0.500 bits per heavy atom. The quantitative estimate of drug-likeness (QED) is 0.156. The van der Waals surface area contributed by atoms with Crippen LogP contribution in [0, 0.1) is 0 Å². The molecule has 0 aliphatic rings. The van der Waals surface area contributed by atoms with Crippen molar-refractivity contribution in [2.45, 2.75) is 0 Å². The fraction of sp³-hybridized carbons (Fsp3) is 0. The van der Waals surface area contributed by atoms with Crippen LogP contribution in [0.2, 0.25) is 0 Å². The van der Waals surface area contributed by atoms with Crippen LogP contribution in [0.4, 0.5) is 0 Å². The molecule has 0 aliphatic carbocycles. The Bertz CT molecular complexity index is 2370. The van der Waals surface area contributed by atoms with Gasteiger partial charge in [-0.3, -0.25) is 4.98 Å². The summed E-state index contributed by atoms with van der Waals surface area (Å²) in [4.78, 5) is 33.9. The van der Waals surface area contributed by atoms with E-state index in [4.69, 9.17) is 34.9 Å². The first-order chi connectivity index (χ1) is 26.7. The highest BCUT2D eigenvalue weighted by atomic mass is 15.0. The average molecular weight is 694 g/mol. The molecule has 254 valence electrons. The molecule has 0 saturated carbocycles. The summed E-state index contributed by atoms with van der Waals surface area (Å²) in [5.41, 5.74) is 9.53. The minimum Gasteiger partial charge on any atom is -0.256 e. The highest BCUT2D eigenvalue weighted by molar-refractivity contribution is 5.75. The minimum absolute atomic E-state index is 0.612. The third-order valence-corrected chi connectivity index (χ3v) is 9.07. The lowest BCUT2D eigenvalue weighted by Gasteiger charge is -2.10. The number of pyridine rings is 1. The molecule has 0 atom stereocenters. The van der Waals surface area contributed by atoms with Gasteiger partial charge in [0.1, 0.15) is 0 Å². The number of nitrogens with zero attached hydrogens (tertiary/aromatic N) is 7. The summed E-state index contributed by atoms with van der Waals surface area (Å²) in [5, 5.41) is 0. The first-order valence-electron chi connectivity index (χ1n) is 17.6. The van der Waals surface area contributed by atoms with E-state index in [0.717, 1.165) is 55.8 Å². The Hall–Kier alpha value is -7.51. The first-order valence-corrected chi connectivity index (χ1v) is 17.6. The molecule has 0 saturated heterocycles. The van der Waals surface area contributed by atoms with Gasteiger partial charge >= 0.3 is 0 Å². The Balaban J connectivity index is 1.00. The normalized spacial score (nSPS) is 11.0. The van der Waals surface area contributed by atoms with E-state index in [1.54, 1.807) is 0 Å². The van der Waals surface area contributed by atoms with Gasteiger partial charge in [0, 0.05) is 45.1 Å². The molecule has 0 radical (unpaired) electrons. The lowest BCUT2D eigenvalue weighted by Crippen LogP contribution is -2.00. The van der Waals surface area contributed by atoms with E-state index in [-0.39, 0.29) is 0 Å². The van der Waals surface area contributed by atoms with Crippen LogP contribution in [0.3, 0.4) is 0 Å². The first kappa shape index (κ1) is 32.4. The highest BCUT2D eigenvalue weighted by Gasteiger charge is 2.14. The van der Waals surface area contributed by atoms with Gasteiger partial charge in [-0.25, -0.2) is 29.9 Å². The van der Waals surface area contributed by atoms with E-state index in [0.29, 0.717) is 34.9 Å². The molecule has 7 nitrogen and oxygen atoms in total. The molecule has 0 unspecified atom stereocenters. The molecule has 0 N–H and O–H groups in total. The van der Waals surface area contributed by atoms with Gasteiger partial charge in [0.15, 0.2) is 34.9 Å². The van der Waals surface area contributed by atoms with E-state index in [2.05, 4.69) is 42.5 Å². The summed E-state index contributed by atoms with van der Waals surface area (Å²) in [6, 6.07) is 60.7. The fourth-order valence-electron chi connectivity index (χ4n) is 6.25. The molecule has 3 heterocycles. The predicted molar refractivity (Wildman–Crippen MR) is 214 cm³/mol. The van der Waals surface area contributed by atoms with Crippen LogP contribution >= 0.6 is 0 Å². The van der Waals surface area contributed by atoms with E-state index in [1.165, 1.54) is 0 Å². The lowest BCUT2D eigenvalue weighted by molar-refractivity contribution is 1.07. The average Bonchev–Trinajstić information content (AvgIpc) is 3.27. The maximum absolute atomic E-state index is 4.88. The van der Waals surface area contributed by atoms with Crippen molar-refractivity contribution in [1.82, 2.24) is 34.9 Å². The van der Waals surface area contributed by atoms with Crippen molar-refractivity contribution in [2.24, 2.45) is 0 Å². The van der Waals surface area contributed by atoms with Crippen LogP contribution in [0.5, 0.6) is 0 Å². The number of hydrogen-bond acceptors (Lipinski definition) is 7. The van der Waals surface area contributed by atoms with Crippen molar-refractivity contribution in [1.29, 1.82) is 0 Å². The second-order valence-corrected chi connectivity index (χ2v) is 12.7. The summed E-state index contributed by atoms with van der Waals surface area (Å²) < 4.78 is 0. The van der Waals surface area contributed by atoms with Crippen LogP contribution in [-0.4, -0.2) is 34.9 Å². The molecule has 0 bridgehead atoms. The Morgan fingerprint density at radius 3 is 0.833 bits per heavy atom. The van der Waals surface area contributed by atoms with Crippen molar-refractivity contribution in [3.63, 3.8) is 0 Å². The van der Waals surface area contributed by atoms with Gasteiger partial charge in [0.05, 0.1) is 5.69 Å². The summed E-state index contributed by atoms with van der Waals surface area (Å²) in [6.45, 7) is 0. The van der Waals surface area contributed by atoms with Crippen molar-refractivity contribution >= 4 is 0 Å². The molecule has 0 amide bonds. The summed E-state index contributed by atoms with van der Waals surface area (Å²) in [6.07, 6.45) is 1.85. The highest BCUT2D eigenvalue weighted by Crippen LogP contribution is 2.30. The number of aromatic nitrogens is 7. The van der Waals surface area contributed by atoms with Crippen molar-refractivity contribution < 1.29 is 0 Å². The van der Waals surface area contributed by atoms with Crippen LogP contribution < -0.4 is 0 Å². The Morgan fingerprint density at radius 1 is 0.222 bits per heavy atom. The van der Waals surface area contributed by atoms with Gasteiger partial charge in [0.2, 0.25) is 0 Å². The van der Waals surface area contributed by atoms with Crippen molar-refractivity contribution in [3.05, 3.63) is 188 Å². The van der Waals surface area contributed by atoms with Crippen LogP contribution in [0.1, 0.15) is 0 Å². The second-order valence-electron chi connectivity index (χ2n) is 12.7. The standard InChI is InChI=1S/C47H31N7/c1-5-13-34(14-6-1)42-49-43(35-15-7-2-8-16-35)52-46(51-42)38-25-21-32(22-26-38)40-29-30-48-41(31-40)33-23-27-39(28-24-33)47-53-44(36-17-9-3-10-18-36)50-45(54-47)37-19-11-4-12-20-37/h1-31H. The molecular formula is C47H31N7. The second kappa shape index (κ2) is 14.6. The fourth-order valence-corrected chi connectivity index (χ4v) is 6.25. The molecule has 3 aromatic heterocycles. The molecule has 54 heavy (non-hydrogen) atoms. The lowest BCUT2D eigenvalue weighted by atomic mass is 10.0. The molecule has 9 aromatic rings. The van der Waals surface area contributed by atoms with E-state index >= 15 is 0 Å². The summed E-state index contributed by atoms with van der Waals surface area (Å²) in [7, 11) is 0. The van der Waals surface area contributed by atoms with Gasteiger partial charge in [-0.05, 0) is 23.3 Å². The number of rotatable bonds is 8. The molecule has 9 rings (SSSR count). The third kappa shape index (κ3) is 6.89. The maximum Gasteiger partial charge on any atom is 0.164 e. The van der Waals surface area contributed by atoms with Crippen LogP contribution in [0.15, 0.2) is 188 Å². The molecular weight excluding hydrogens is 663 g/mol. The van der Waals surface area contributed by atoms with Crippen molar-refractivity contribution in [2.75, 3.05) is 0 Å². The maximum atomic E-state index is 4.88. The number of hydrogen-bond donors (Lipinski definition) is 0. The zero-order valence-corrected chi connectivity index (χ0v) is 29.0. The topological polar surface area (TPSA) is 90.2 Å². The van der Waals surface area contributed by atoms with Gasteiger partial charge < -0.3 is 0 Å². The van der Waals surface area contributed by atoms with Gasteiger partial charge in [-0.15, -0.1) is 0 Å². The van der Waals surface area contributed by atoms with E-state index < -0.39 is 0 Å². The zero-order chi connectivity index (χ0) is 36.1. The summed E-state index contributed by atoms with van der Waals surface area (Å²) >= 11 is 0. The Kier molecular flexibility index (Phi) is 8.77. The third-order valence-electron chi connectivity index (χ3n) is 9.07. The molecule has 0 spiro atoms. The minimum atomic E-state index is 0.612. The largest absolute Gasteiger partial charge is 0.256 e. The SMILES string of the molecule is c1ccc(-c2nc(-c3ccccc3)nc(-c3ccc(-c4ccnc(-c5ccc(-c6nc(-c7ccccc7)nc(-c7ccccc7)n6)cc5)c4)cc3)n2)cc1. The van der Waals surface area contributed by atoms with E-state index in [1.807, 2.05) is 146 Å². The molecule has 7 heteroatoms. The van der Waals surface area contributed by atoms with Gasteiger partial charge in [-0.1, -0.05) is 170 Å².